The first-order chi connectivity index (χ1) is 6.84. The van der Waals surface area contributed by atoms with E-state index < -0.39 is 0 Å². The number of ketones is 1. The number of hydrogen-bond acceptors (Lipinski definition) is 2. The summed E-state index contributed by atoms with van der Waals surface area (Å²) in [5, 5.41) is 0. The summed E-state index contributed by atoms with van der Waals surface area (Å²) in [5.41, 5.74) is 0.575. The van der Waals surface area contributed by atoms with E-state index >= 15 is 0 Å². The monoisotopic (exact) mass is 189 g/mol. The molecule has 1 rings (SSSR count). The summed E-state index contributed by atoms with van der Waals surface area (Å²) in [6.45, 7) is 3.64. The molecule has 0 N–H and O–H groups in total. The molecular weight excluding hydrogens is 174 g/mol. The van der Waals surface area contributed by atoms with Crippen molar-refractivity contribution >= 4 is 5.78 Å². The summed E-state index contributed by atoms with van der Waals surface area (Å²) < 4.78 is 0. The van der Waals surface area contributed by atoms with Crippen LogP contribution in [0.5, 0.6) is 0 Å². The van der Waals surface area contributed by atoms with Crippen molar-refractivity contribution in [2.24, 2.45) is 0 Å². The van der Waals surface area contributed by atoms with Gasteiger partial charge in [0.15, 0.2) is 5.78 Å². The maximum absolute atomic E-state index is 11.5. The van der Waals surface area contributed by atoms with E-state index in [9.17, 15) is 4.79 Å². The molecule has 74 valence electrons. The molecule has 0 fully saturated rings. The van der Waals surface area contributed by atoms with Gasteiger partial charge in [0.2, 0.25) is 0 Å². The third-order valence-electron chi connectivity index (χ3n) is 2.01. The van der Waals surface area contributed by atoms with Gasteiger partial charge in [0, 0.05) is 12.6 Å². The van der Waals surface area contributed by atoms with Crippen LogP contribution in [0.15, 0.2) is 37.1 Å². The zero-order valence-corrected chi connectivity index (χ0v) is 8.28. The van der Waals surface area contributed by atoms with Gasteiger partial charge in [0.1, 0.15) is 5.69 Å². The standard InChI is InChI=1S/C12H15NO/c1-2-3-4-5-9-12(14)11-8-6-7-10-13-11/h2,6-8,10H,1,3-5,9H2. The quantitative estimate of drug-likeness (QED) is 0.391. The average Bonchev–Trinajstić information content (AvgIpc) is 2.25. The minimum atomic E-state index is 0.134. The number of carbonyl (C=O) groups is 1. The first kappa shape index (κ1) is 10.6. The van der Waals surface area contributed by atoms with Crippen LogP contribution in [0, 0.1) is 0 Å². The van der Waals surface area contributed by atoms with E-state index in [1.807, 2.05) is 18.2 Å². The molecule has 2 heteroatoms. The van der Waals surface area contributed by atoms with Crippen molar-refractivity contribution in [3.63, 3.8) is 0 Å². The lowest BCUT2D eigenvalue weighted by Gasteiger charge is -1.98. The lowest BCUT2D eigenvalue weighted by Crippen LogP contribution is -2.00. The van der Waals surface area contributed by atoms with E-state index in [4.69, 9.17) is 0 Å². The molecule has 1 heterocycles. The number of aromatic nitrogens is 1. The van der Waals surface area contributed by atoms with Gasteiger partial charge in [-0.25, -0.2) is 0 Å². The highest BCUT2D eigenvalue weighted by molar-refractivity contribution is 5.94. The van der Waals surface area contributed by atoms with Crippen molar-refractivity contribution < 1.29 is 4.79 Å². The highest BCUT2D eigenvalue weighted by atomic mass is 16.1. The van der Waals surface area contributed by atoms with Crippen LogP contribution in [0.2, 0.25) is 0 Å². The van der Waals surface area contributed by atoms with Crippen LogP contribution in [-0.2, 0) is 0 Å². The predicted octanol–water partition coefficient (Wildman–Crippen LogP) is 3.01. The molecule has 0 saturated carbocycles. The van der Waals surface area contributed by atoms with E-state index in [2.05, 4.69) is 11.6 Å². The molecule has 0 aliphatic heterocycles. The van der Waals surface area contributed by atoms with Gasteiger partial charge in [-0.2, -0.15) is 0 Å². The topological polar surface area (TPSA) is 30.0 Å². The van der Waals surface area contributed by atoms with Crippen LogP contribution >= 0.6 is 0 Å². The Bertz CT molecular complexity index is 292. The molecule has 0 unspecified atom stereocenters. The molecule has 0 amide bonds. The van der Waals surface area contributed by atoms with Gasteiger partial charge in [-0.3, -0.25) is 9.78 Å². The molecule has 0 bridgehead atoms. The number of nitrogens with zero attached hydrogens (tertiary/aromatic N) is 1. The second-order valence-corrected chi connectivity index (χ2v) is 3.17. The van der Waals surface area contributed by atoms with E-state index in [0.29, 0.717) is 12.1 Å². The van der Waals surface area contributed by atoms with Gasteiger partial charge in [-0.05, 0) is 31.4 Å². The Labute approximate surface area is 84.7 Å². The molecule has 0 aromatic carbocycles. The van der Waals surface area contributed by atoms with Gasteiger partial charge in [0.05, 0.1) is 0 Å². The number of unbranched alkanes of at least 4 members (excludes halogenated alkanes) is 2. The Hall–Kier alpha value is -1.44. The van der Waals surface area contributed by atoms with Crippen molar-refractivity contribution in [1.29, 1.82) is 0 Å². The van der Waals surface area contributed by atoms with Crippen molar-refractivity contribution in [3.8, 4) is 0 Å². The molecule has 0 saturated heterocycles. The van der Waals surface area contributed by atoms with Crippen LogP contribution in [0.4, 0.5) is 0 Å². The van der Waals surface area contributed by atoms with Gasteiger partial charge < -0.3 is 0 Å². The number of Topliss-reactive ketones (excluding diaryl/α,β-unsaturated/α-hetero) is 1. The minimum Gasteiger partial charge on any atom is -0.292 e. The first-order valence-electron chi connectivity index (χ1n) is 4.89. The summed E-state index contributed by atoms with van der Waals surface area (Å²) in [6.07, 6.45) is 7.05. The average molecular weight is 189 g/mol. The normalized spacial score (nSPS) is 9.71. The highest BCUT2D eigenvalue weighted by Gasteiger charge is 2.04. The molecule has 1 aromatic heterocycles. The molecule has 14 heavy (non-hydrogen) atoms. The van der Waals surface area contributed by atoms with Crippen LogP contribution in [-0.4, -0.2) is 10.8 Å². The fourth-order valence-electron chi connectivity index (χ4n) is 1.23. The summed E-state index contributed by atoms with van der Waals surface area (Å²) in [7, 11) is 0. The summed E-state index contributed by atoms with van der Waals surface area (Å²) >= 11 is 0. The molecule has 2 nitrogen and oxygen atoms in total. The van der Waals surface area contributed by atoms with E-state index in [1.54, 1.807) is 12.3 Å². The largest absolute Gasteiger partial charge is 0.292 e. The van der Waals surface area contributed by atoms with Crippen LogP contribution in [0.3, 0.4) is 0 Å². The molecule has 0 atom stereocenters. The SMILES string of the molecule is C=CCCCCC(=O)c1ccccn1. The number of rotatable bonds is 6. The van der Waals surface area contributed by atoms with Crippen LogP contribution < -0.4 is 0 Å². The maximum atomic E-state index is 11.5. The van der Waals surface area contributed by atoms with Crippen molar-refractivity contribution in [1.82, 2.24) is 4.98 Å². The molecule has 0 aliphatic rings. The first-order valence-corrected chi connectivity index (χ1v) is 4.89. The molecule has 0 aliphatic carbocycles. The maximum Gasteiger partial charge on any atom is 0.181 e. The third kappa shape index (κ3) is 3.52. The molecular formula is C12H15NO. The predicted molar refractivity (Wildman–Crippen MR) is 57.2 cm³/mol. The number of carbonyl (C=O) groups excluding carboxylic acids is 1. The molecule has 0 spiro atoms. The Balaban J connectivity index is 2.32. The number of pyridine rings is 1. The smallest absolute Gasteiger partial charge is 0.181 e. The third-order valence-corrected chi connectivity index (χ3v) is 2.01. The van der Waals surface area contributed by atoms with Crippen molar-refractivity contribution in [2.75, 3.05) is 0 Å². The van der Waals surface area contributed by atoms with Gasteiger partial charge in [0.25, 0.3) is 0 Å². The van der Waals surface area contributed by atoms with Gasteiger partial charge >= 0.3 is 0 Å². The van der Waals surface area contributed by atoms with Gasteiger partial charge in [-0.1, -0.05) is 12.1 Å². The fourth-order valence-corrected chi connectivity index (χ4v) is 1.23. The zero-order valence-electron chi connectivity index (χ0n) is 8.28. The Morgan fingerprint density at radius 2 is 2.29 bits per heavy atom. The van der Waals surface area contributed by atoms with Crippen molar-refractivity contribution in [3.05, 3.63) is 42.7 Å². The molecule has 0 radical (unpaired) electrons. The Kier molecular flexibility index (Phi) is 4.62. The number of allylic oxidation sites excluding steroid dienone is 1. The van der Waals surface area contributed by atoms with Crippen LogP contribution in [0.1, 0.15) is 36.2 Å². The Morgan fingerprint density at radius 3 is 2.93 bits per heavy atom. The zero-order chi connectivity index (χ0) is 10.2. The summed E-state index contributed by atoms with van der Waals surface area (Å²) in [4.78, 5) is 15.5. The summed E-state index contributed by atoms with van der Waals surface area (Å²) in [5.74, 6) is 0.134. The highest BCUT2D eigenvalue weighted by Crippen LogP contribution is 2.05. The van der Waals surface area contributed by atoms with E-state index in [-0.39, 0.29) is 5.78 Å². The van der Waals surface area contributed by atoms with E-state index in [0.717, 1.165) is 19.3 Å². The minimum absolute atomic E-state index is 0.134. The van der Waals surface area contributed by atoms with Crippen molar-refractivity contribution in [2.45, 2.75) is 25.7 Å². The second kappa shape index (κ2) is 6.08. The second-order valence-electron chi connectivity index (χ2n) is 3.17. The van der Waals surface area contributed by atoms with Gasteiger partial charge in [-0.15, -0.1) is 6.58 Å². The fraction of sp³-hybridized carbons (Fsp3) is 0.333. The summed E-state index contributed by atoms with van der Waals surface area (Å²) in [6, 6.07) is 5.41. The Morgan fingerprint density at radius 1 is 1.43 bits per heavy atom. The van der Waals surface area contributed by atoms with Crippen LogP contribution in [0.25, 0.3) is 0 Å². The lowest BCUT2D eigenvalue weighted by atomic mass is 10.1. The lowest BCUT2D eigenvalue weighted by molar-refractivity contribution is 0.0974. The molecule has 1 aromatic rings. The van der Waals surface area contributed by atoms with E-state index in [1.165, 1.54) is 0 Å². The number of hydrogen-bond donors (Lipinski definition) is 0.